The Kier molecular flexibility index (Phi) is 4.49. The normalized spacial score (nSPS) is 12.3. The molecule has 0 heterocycles. The monoisotopic (exact) mass is 303 g/mol. The van der Waals surface area contributed by atoms with E-state index in [0.29, 0.717) is 11.4 Å². The molecule has 2 rings (SSSR count). The Morgan fingerprint density at radius 2 is 1.38 bits per heavy atom. The van der Waals surface area contributed by atoms with E-state index in [-0.39, 0.29) is 5.41 Å². The standard InChI is InChI=1S/C17H21NO2S/c1-17(2,3)13-18-21(19,20)16-11-9-15(10-12-16)14-7-5-4-6-8-14/h4-12,18H,13H2,1-3H3. The van der Waals surface area contributed by atoms with Gasteiger partial charge in [0.1, 0.15) is 0 Å². The molecule has 0 atom stereocenters. The maximum Gasteiger partial charge on any atom is 0.240 e. The van der Waals surface area contributed by atoms with Crippen LogP contribution in [0.25, 0.3) is 11.1 Å². The number of hydrogen-bond acceptors (Lipinski definition) is 2. The van der Waals surface area contributed by atoms with Crippen molar-refractivity contribution in [2.24, 2.45) is 5.41 Å². The van der Waals surface area contributed by atoms with E-state index < -0.39 is 10.0 Å². The van der Waals surface area contributed by atoms with Gasteiger partial charge in [0.05, 0.1) is 4.90 Å². The maximum absolute atomic E-state index is 12.2. The van der Waals surface area contributed by atoms with Crippen LogP contribution in [0.3, 0.4) is 0 Å². The summed E-state index contributed by atoms with van der Waals surface area (Å²) in [6.45, 7) is 6.39. The van der Waals surface area contributed by atoms with Crippen LogP contribution in [-0.2, 0) is 10.0 Å². The van der Waals surface area contributed by atoms with Crippen LogP contribution in [0, 0.1) is 5.41 Å². The van der Waals surface area contributed by atoms with Crippen molar-refractivity contribution >= 4 is 10.0 Å². The largest absolute Gasteiger partial charge is 0.240 e. The molecule has 112 valence electrons. The Morgan fingerprint density at radius 1 is 0.857 bits per heavy atom. The van der Waals surface area contributed by atoms with Gasteiger partial charge in [0.25, 0.3) is 0 Å². The third-order valence-electron chi connectivity index (χ3n) is 3.06. The topological polar surface area (TPSA) is 46.2 Å². The number of hydrogen-bond donors (Lipinski definition) is 1. The lowest BCUT2D eigenvalue weighted by atomic mass is 9.98. The Bertz CT molecular complexity index is 684. The van der Waals surface area contributed by atoms with Crippen LogP contribution in [0.1, 0.15) is 20.8 Å². The van der Waals surface area contributed by atoms with Gasteiger partial charge in [0, 0.05) is 6.54 Å². The zero-order valence-electron chi connectivity index (χ0n) is 12.6. The highest BCUT2D eigenvalue weighted by atomic mass is 32.2. The minimum Gasteiger partial charge on any atom is -0.211 e. The molecule has 0 fully saturated rings. The third-order valence-corrected chi connectivity index (χ3v) is 4.48. The molecular formula is C17H21NO2S. The zero-order chi connectivity index (χ0) is 15.5. The summed E-state index contributed by atoms with van der Waals surface area (Å²) in [6, 6.07) is 16.8. The molecular weight excluding hydrogens is 282 g/mol. The molecule has 0 saturated carbocycles. The smallest absolute Gasteiger partial charge is 0.211 e. The van der Waals surface area contributed by atoms with Crippen LogP contribution >= 0.6 is 0 Å². The lowest BCUT2D eigenvalue weighted by Crippen LogP contribution is -2.32. The molecule has 21 heavy (non-hydrogen) atoms. The average molecular weight is 303 g/mol. The van der Waals surface area contributed by atoms with Crippen LogP contribution in [0.2, 0.25) is 0 Å². The summed E-state index contributed by atoms with van der Waals surface area (Å²) in [6.07, 6.45) is 0. The molecule has 0 spiro atoms. The quantitative estimate of drug-likeness (QED) is 0.936. The summed E-state index contributed by atoms with van der Waals surface area (Å²) in [5.74, 6) is 0. The van der Waals surface area contributed by atoms with Crippen LogP contribution in [0.4, 0.5) is 0 Å². The van der Waals surface area contributed by atoms with Crippen molar-refractivity contribution < 1.29 is 8.42 Å². The number of rotatable bonds is 4. The molecule has 0 unspecified atom stereocenters. The first-order chi connectivity index (χ1) is 9.78. The fourth-order valence-electron chi connectivity index (χ4n) is 1.85. The van der Waals surface area contributed by atoms with Gasteiger partial charge in [-0.2, -0.15) is 0 Å². The first-order valence-electron chi connectivity index (χ1n) is 6.93. The molecule has 4 heteroatoms. The van der Waals surface area contributed by atoms with E-state index in [0.717, 1.165) is 11.1 Å². The van der Waals surface area contributed by atoms with Gasteiger partial charge in [-0.25, -0.2) is 13.1 Å². The zero-order valence-corrected chi connectivity index (χ0v) is 13.4. The van der Waals surface area contributed by atoms with Crippen molar-refractivity contribution in [2.75, 3.05) is 6.54 Å². The molecule has 2 aromatic rings. The molecule has 0 amide bonds. The summed E-state index contributed by atoms with van der Waals surface area (Å²) in [5.41, 5.74) is 1.99. The fourth-order valence-corrected chi connectivity index (χ4v) is 3.14. The summed E-state index contributed by atoms with van der Waals surface area (Å²) in [4.78, 5) is 0.298. The van der Waals surface area contributed by atoms with Crippen molar-refractivity contribution in [3.63, 3.8) is 0 Å². The highest BCUT2D eigenvalue weighted by Gasteiger charge is 2.18. The summed E-state index contributed by atoms with van der Waals surface area (Å²) in [7, 11) is -3.44. The molecule has 0 aliphatic rings. The van der Waals surface area contributed by atoms with Gasteiger partial charge < -0.3 is 0 Å². The van der Waals surface area contributed by atoms with Crippen molar-refractivity contribution in [3.8, 4) is 11.1 Å². The van der Waals surface area contributed by atoms with Gasteiger partial charge in [-0.05, 0) is 28.7 Å². The van der Waals surface area contributed by atoms with Gasteiger partial charge in [0.2, 0.25) is 10.0 Å². The molecule has 2 aromatic carbocycles. The minimum absolute atomic E-state index is 0.0863. The molecule has 1 N–H and O–H groups in total. The Morgan fingerprint density at radius 3 is 1.90 bits per heavy atom. The highest BCUT2D eigenvalue weighted by molar-refractivity contribution is 7.89. The van der Waals surface area contributed by atoms with Crippen molar-refractivity contribution in [1.29, 1.82) is 0 Å². The summed E-state index contributed by atoms with van der Waals surface area (Å²) < 4.78 is 27.1. The Hall–Kier alpha value is -1.65. The van der Waals surface area contributed by atoms with Gasteiger partial charge in [-0.3, -0.25) is 0 Å². The van der Waals surface area contributed by atoms with E-state index in [9.17, 15) is 8.42 Å². The predicted molar refractivity (Wildman–Crippen MR) is 86.5 cm³/mol. The number of nitrogens with one attached hydrogen (secondary N) is 1. The minimum atomic E-state index is -3.44. The first kappa shape index (κ1) is 15.7. The van der Waals surface area contributed by atoms with E-state index in [1.807, 2.05) is 63.2 Å². The molecule has 0 aromatic heterocycles. The lowest BCUT2D eigenvalue weighted by molar-refractivity contribution is 0.407. The van der Waals surface area contributed by atoms with Crippen LogP contribution in [0.15, 0.2) is 59.5 Å². The lowest BCUT2D eigenvalue weighted by Gasteiger charge is -2.18. The number of sulfonamides is 1. The summed E-state index contributed by atoms with van der Waals surface area (Å²) in [5, 5.41) is 0. The first-order valence-corrected chi connectivity index (χ1v) is 8.41. The average Bonchev–Trinajstić information content (AvgIpc) is 2.46. The van der Waals surface area contributed by atoms with Gasteiger partial charge >= 0.3 is 0 Å². The molecule has 0 radical (unpaired) electrons. The van der Waals surface area contributed by atoms with Crippen molar-refractivity contribution in [2.45, 2.75) is 25.7 Å². The van der Waals surface area contributed by atoms with Crippen molar-refractivity contribution in [1.82, 2.24) is 4.72 Å². The van der Waals surface area contributed by atoms with Crippen LogP contribution in [-0.4, -0.2) is 15.0 Å². The molecule has 0 aliphatic carbocycles. The number of benzene rings is 2. The highest BCUT2D eigenvalue weighted by Crippen LogP contribution is 2.21. The molecule has 3 nitrogen and oxygen atoms in total. The second kappa shape index (κ2) is 6.00. The van der Waals surface area contributed by atoms with Crippen LogP contribution in [0.5, 0.6) is 0 Å². The molecule has 0 saturated heterocycles. The van der Waals surface area contributed by atoms with E-state index in [2.05, 4.69) is 4.72 Å². The third kappa shape index (κ3) is 4.41. The van der Waals surface area contributed by atoms with Gasteiger partial charge in [0.15, 0.2) is 0 Å². The Balaban J connectivity index is 2.19. The van der Waals surface area contributed by atoms with E-state index in [1.54, 1.807) is 12.1 Å². The molecule has 0 aliphatic heterocycles. The second-order valence-electron chi connectivity index (χ2n) is 6.28. The van der Waals surface area contributed by atoms with E-state index >= 15 is 0 Å². The van der Waals surface area contributed by atoms with E-state index in [1.165, 1.54) is 0 Å². The van der Waals surface area contributed by atoms with Gasteiger partial charge in [-0.15, -0.1) is 0 Å². The summed E-state index contributed by atoms with van der Waals surface area (Å²) >= 11 is 0. The second-order valence-corrected chi connectivity index (χ2v) is 8.04. The predicted octanol–water partition coefficient (Wildman–Crippen LogP) is 3.68. The molecule has 0 bridgehead atoms. The van der Waals surface area contributed by atoms with Crippen LogP contribution < -0.4 is 4.72 Å². The fraction of sp³-hybridized carbons (Fsp3) is 0.294. The van der Waals surface area contributed by atoms with Gasteiger partial charge in [-0.1, -0.05) is 63.2 Å². The van der Waals surface area contributed by atoms with E-state index in [4.69, 9.17) is 0 Å². The SMILES string of the molecule is CC(C)(C)CNS(=O)(=O)c1ccc(-c2ccccc2)cc1. The van der Waals surface area contributed by atoms with Crippen molar-refractivity contribution in [3.05, 3.63) is 54.6 Å². The maximum atomic E-state index is 12.2. The Labute approximate surface area is 127 Å².